The number of carbonyl (C=O) groups is 1. The summed E-state index contributed by atoms with van der Waals surface area (Å²) in [6.45, 7) is 11.6. The number of hydrogen-bond acceptors (Lipinski definition) is 4. The van der Waals surface area contributed by atoms with Gasteiger partial charge < -0.3 is 15.0 Å². The number of carbonyl (C=O) groups excluding carboxylic acids is 1. The fraction of sp³-hybridized carbons (Fsp3) is 0.944. The smallest absolute Gasteiger partial charge is 0.230 e. The highest BCUT2D eigenvalue weighted by atomic mass is 16.5. The summed E-state index contributed by atoms with van der Waals surface area (Å²) < 4.78 is 5.64. The SMILES string of the molecule is CC(C)OCCN1CCN(C(=O)[C@@]23CCCC[C@H]2CNC3)CC1. The van der Waals surface area contributed by atoms with E-state index in [0.717, 1.165) is 58.8 Å². The molecule has 2 heterocycles. The molecule has 0 unspecified atom stereocenters. The summed E-state index contributed by atoms with van der Waals surface area (Å²) in [6, 6.07) is 0. The van der Waals surface area contributed by atoms with E-state index in [9.17, 15) is 4.79 Å². The highest BCUT2D eigenvalue weighted by Gasteiger charge is 2.51. The number of nitrogens with one attached hydrogen (secondary N) is 1. The molecule has 0 aromatic heterocycles. The first-order chi connectivity index (χ1) is 11.1. The maximum Gasteiger partial charge on any atom is 0.230 e. The standard InChI is InChI=1S/C18H33N3O2/c1-15(2)23-12-11-20-7-9-21(10-8-20)17(22)18-6-4-3-5-16(18)13-19-14-18/h15-16,19H,3-14H2,1-2H3/t16-,18+/m0/s1. The Hall–Kier alpha value is -0.650. The zero-order chi connectivity index (χ0) is 16.3. The molecule has 23 heavy (non-hydrogen) atoms. The van der Waals surface area contributed by atoms with Crippen molar-refractivity contribution in [1.82, 2.24) is 15.1 Å². The van der Waals surface area contributed by atoms with Crippen molar-refractivity contribution in [3.05, 3.63) is 0 Å². The highest BCUT2D eigenvalue weighted by Crippen LogP contribution is 2.45. The summed E-state index contributed by atoms with van der Waals surface area (Å²) in [7, 11) is 0. The molecule has 1 aliphatic carbocycles. The predicted octanol–water partition coefficient (Wildman–Crippen LogP) is 1.34. The Labute approximate surface area is 140 Å². The molecule has 132 valence electrons. The van der Waals surface area contributed by atoms with Gasteiger partial charge in [-0.25, -0.2) is 0 Å². The van der Waals surface area contributed by atoms with Gasteiger partial charge in [-0.1, -0.05) is 12.8 Å². The zero-order valence-electron chi connectivity index (χ0n) is 14.9. The summed E-state index contributed by atoms with van der Waals surface area (Å²) in [5.74, 6) is 1.01. The van der Waals surface area contributed by atoms with Crippen molar-refractivity contribution in [2.75, 3.05) is 52.4 Å². The Morgan fingerprint density at radius 1 is 1.26 bits per heavy atom. The number of hydrogen-bond donors (Lipinski definition) is 1. The van der Waals surface area contributed by atoms with Gasteiger partial charge in [0.2, 0.25) is 5.91 Å². The zero-order valence-corrected chi connectivity index (χ0v) is 14.9. The number of nitrogens with zero attached hydrogens (tertiary/aromatic N) is 2. The van der Waals surface area contributed by atoms with Crippen LogP contribution in [0.25, 0.3) is 0 Å². The lowest BCUT2D eigenvalue weighted by molar-refractivity contribution is -0.147. The molecule has 2 saturated heterocycles. The summed E-state index contributed by atoms with van der Waals surface area (Å²) in [4.78, 5) is 17.8. The minimum absolute atomic E-state index is 0.0822. The molecule has 2 atom stereocenters. The van der Waals surface area contributed by atoms with Crippen LogP contribution in [0.5, 0.6) is 0 Å². The lowest BCUT2D eigenvalue weighted by atomic mass is 9.67. The average molecular weight is 323 g/mol. The molecule has 1 saturated carbocycles. The van der Waals surface area contributed by atoms with E-state index in [1.807, 2.05) is 0 Å². The second-order valence-corrected chi connectivity index (χ2v) is 7.78. The first-order valence-electron chi connectivity index (χ1n) is 9.46. The van der Waals surface area contributed by atoms with Gasteiger partial charge in [0, 0.05) is 39.3 Å². The third-order valence-corrected chi connectivity index (χ3v) is 5.98. The van der Waals surface area contributed by atoms with Gasteiger partial charge in [-0.3, -0.25) is 9.69 Å². The number of ether oxygens (including phenoxy) is 1. The third-order valence-electron chi connectivity index (χ3n) is 5.98. The fourth-order valence-corrected chi connectivity index (χ4v) is 4.58. The van der Waals surface area contributed by atoms with Crippen LogP contribution in [0.4, 0.5) is 0 Å². The van der Waals surface area contributed by atoms with Gasteiger partial charge >= 0.3 is 0 Å². The summed E-state index contributed by atoms with van der Waals surface area (Å²) >= 11 is 0. The van der Waals surface area contributed by atoms with E-state index in [1.165, 1.54) is 19.3 Å². The van der Waals surface area contributed by atoms with Crippen LogP contribution >= 0.6 is 0 Å². The van der Waals surface area contributed by atoms with E-state index in [0.29, 0.717) is 17.9 Å². The van der Waals surface area contributed by atoms with Crippen LogP contribution in [0.2, 0.25) is 0 Å². The minimum Gasteiger partial charge on any atom is -0.377 e. The fourth-order valence-electron chi connectivity index (χ4n) is 4.58. The van der Waals surface area contributed by atoms with E-state index in [2.05, 4.69) is 29.0 Å². The molecule has 5 heteroatoms. The van der Waals surface area contributed by atoms with Gasteiger partial charge in [0.1, 0.15) is 0 Å². The number of amides is 1. The van der Waals surface area contributed by atoms with Gasteiger partial charge in [-0.05, 0) is 39.2 Å². The Balaban J connectivity index is 1.50. The maximum absolute atomic E-state index is 13.2. The van der Waals surface area contributed by atoms with Gasteiger partial charge in [0.05, 0.1) is 18.1 Å². The second-order valence-electron chi connectivity index (χ2n) is 7.78. The Morgan fingerprint density at radius 3 is 2.78 bits per heavy atom. The molecule has 5 nitrogen and oxygen atoms in total. The lowest BCUT2D eigenvalue weighted by Crippen LogP contribution is -2.56. The van der Waals surface area contributed by atoms with E-state index < -0.39 is 0 Å². The largest absolute Gasteiger partial charge is 0.377 e. The number of rotatable bonds is 5. The van der Waals surface area contributed by atoms with E-state index >= 15 is 0 Å². The topological polar surface area (TPSA) is 44.8 Å². The predicted molar refractivity (Wildman–Crippen MR) is 91.4 cm³/mol. The lowest BCUT2D eigenvalue weighted by Gasteiger charge is -2.43. The molecular weight excluding hydrogens is 290 g/mol. The molecule has 2 aliphatic heterocycles. The van der Waals surface area contributed by atoms with Crippen molar-refractivity contribution in [3.63, 3.8) is 0 Å². The molecule has 0 aromatic carbocycles. The van der Waals surface area contributed by atoms with Crippen LogP contribution in [-0.4, -0.2) is 74.2 Å². The molecule has 3 fully saturated rings. The first kappa shape index (κ1) is 17.2. The van der Waals surface area contributed by atoms with Crippen molar-refractivity contribution < 1.29 is 9.53 Å². The summed E-state index contributed by atoms with van der Waals surface area (Å²) in [5.41, 5.74) is -0.0822. The molecule has 0 spiro atoms. The first-order valence-corrected chi connectivity index (χ1v) is 9.46. The molecule has 1 N–H and O–H groups in total. The van der Waals surface area contributed by atoms with E-state index in [-0.39, 0.29) is 5.41 Å². The number of piperazine rings is 1. The molecular formula is C18H33N3O2. The van der Waals surface area contributed by atoms with Crippen molar-refractivity contribution in [1.29, 1.82) is 0 Å². The Kier molecular flexibility index (Phi) is 5.60. The van der Waals surface area contributed by atoms with Crippen LogP contribution < -0.4 is 5.32 Å². The molecule has 0 radical (unpaired) electrons. The second kappa shape index (κ2) is 7.49. The summed E-state index contributed by atoms with van der Waals surface area (Å²) in [6.07, 6.45) is 5.13. The summed E-state index contributed by atoms with van der Waals surface area (Å²) in [5, 5.41) is 3.50. The van der Waals surface area contributed by atoms with Crippen LogP contribution in [0.15, 0.2) is 0 Å². The van der Waals surface area contributed by atoms with Crippen molar-refractivity contribution in [3.8, 4) is 0 Å². The van der Waals surface area contributed by atoms with Crippen molar-refractivity contribution >= 4 is 5.91 Å². The molecule has 3 rings (SSSR count). The molecule has 3 aliphatic rings. The van der Waals surface area contributed by atoms with Crippen LogP contribution in [-0.2, 0) is 9.53 Å². The van der Waals surface area contributed by atoms with Crippen molar-refractivity contribution in [2.24, 2.45) is 11.3 Å². The number of fused-ring (bicyclic) bond motifs is 1. The highest BCUT2D eigenvalue weighted by molar-refractivity contribution is 5.84. The molecule has 0 aromatic rings. The van der Waals surface area contributed by atoms with Crippen molar-refractivity contribution in [2.45, 2.75) is 45.6 Å². The van der Waals surface area contributed by atoms with Crippen LogP contribution in [0.1, 0.15) is 39.5 Å². The van der Waals surface area contributed by atoms with Gasteiger partial charge in [0.15, 0.2) is 0 Å². The Morgan fingerprint density at radius 2 is 2.04 bits per heavy atom. The molecule has 1 amide bonds. The van der Waals surface area contributed by atoms with Gasteiger partial charge in [0.25, 0.3) is 0 Å². The van der Waals surface area contributed by atoms with Crippen LogP contribution in [0, 0.1) is 11.3 Å². The molecule has 0 bridgehead atoms. The van der Waals surface area contributed by atoms with Crippen LogP contribution in [0.3, 0.4) is 0 Å². The van der Waals surface area contributed by atoms with Gasteiger partial charge in [-0.2, -0.15) is 0 Å². The monoisotopic (exact) mass is 323 g/mol. The minimum atomic E-state index is -0.0822. The van der Waals surface area contributed by atoms with Gasteiger partial charge in [-0.15, -0.1) is 0 Å². The van der Waals surface area contributed by atoms with E-state index in [1.54, 1.807) is 0 Å². The maximum atomic E-state index is 13.2. The quantitative estimate of drug-likeness (QED) is 0.829. The third kappa shape index (κ3) is 3.72. The average Bonchev–Trinajstić information content (AvgIpc) is 2.99. The normalized spacial score (nSPS) is 32.3. The van der Waals surface area contributed by atoms with E-state index in [4.69, 9.17) is 4.74 Å². The Bertz CT molecular complexity index is 407.